The van der Waals surface area contributed by atoms with Crippen molar-refractivity contribution in [3.8, 4) is 0 Å². The zero-order valence-corrected chi connectivity index (χ0v) is 13.2. The first-order valence-electron chi connectivity index (χ1n) is 7.61. The zero-order chi connectivity index (χ0) is 14.8. The second kappa shape index (κ2) is 9.82. The lowest BCUT2D eigenvalue weighted by Crippen LogP contribution is -2.33. The fraction of sp³-hybridized carbons (Fsp3) is 0.562. The van der Waals surface area contributed by atoms with E-state index in [0.29, 0.717) is 18.4 Å². The number of amides is 1. The predicted molar refractivity (Wildman–Crippen MR) is 86.6 cm³/mol. The lowest BCUT2D eigenvalue weighted by Gasteiger charge is -2.22. The third-order valence-electron chi connectivity index (χ3n) is 3.40. The molecule has 1 aliphatic rings. The lowest BCUT2D eigenvalue weighted by molar-refractivity contribution is -0.118. The van der Waals surface area contributed by atoms with Crippen molar-refractivity contribution in [2.45, 2.75) is 30.3 Å². The summed E-state index contributed by atoms with van der Waals surface area (Å²) in [4.78, 5) is 12.8. The Morgan fingerprint density at radius 3 is 2.81 bits per heavy atom. The average Bonchev–Trinajstić information content (AvgIpc) is 2.54. The summed E-state index contributed by atoms with van der Waals surface area (Å²) in [5.41, 5.74) is 0. The quantitative estimate of drug-likeness (QED) is 0.570. The van der Waals surface area contributed by atoms with Gasteiger partial charge in [0, 0.05) is 18.0 Å². The van der Waals surface area contributed by atoms with Crippen LogP contribution >= 0.6 is 11.8 Å². The van der Waals surface area contributed by atoms with Gasteiger partial charge in [-0.2, -0.15) is 0 Å². The van der Waals surface area contributed by atoms with E-state index in [4.69, 9.17) is 4.74 Å². The molecule has 0 spiro atoms. The molecular formula is C16H24N2O2S. The van der Waals surface area contributed by atoms with Crippen molar-refractivity contribution in [1.82, 2.24) is 10.6 Å². The summed E-state index contributed by atoms with van der Waals surface area (Å²) in [6.07, 6.45) is 3.47. The summed E-state index contributed by atoms with van der Waals surface area (Å²) in [5, 5.41) is 6.26. The molecule has 1 amide bonds. The minimum Gasteiger partial charge on any atom is -0.378 e. The van der Waals surface area contributed by atoms with E-state index >= 15 is 0 Å². The SMILES string of the molecule is O=C(CSc1ccccc1)NCCCOC1CCNCC1. The lowest BCUT2D eigenvalue weighted by atomic mass is 10.1. The van der Waals surface area contributed by atoms with E-state index in [1.165, 1.54) is 0 Å². The van der Waals surface area contributed by atoms with Crippen LogP contribution in [0, 0.1) is 0 Å². The highest BCUT2D eigenvalue weighted by atomic mass is 32.2. The van der Waals surface area contributed by atoms with Gasteiger partial charge < -0.3 is 15.4 Å². The third kappa shape index (κ3) is 6.98. The Kier molecular flexibility index (Phi) is 7.63. The summed E-state index contributed by atoms with van der Waals surface area (Å²) in [6, 6.07) is 9.98. The summed E-state index contributed by atoms with van der Waals surface area (Å²) in [5.74, 6) is 0.560. The molecule has 0 saturated carbocycles. The van der Waals surface area contributed by atoms with E-state index in [2.05, 4.69) is 10.6 Å². The third-order valence-corrected chi connectivity index (χ3v) is 4.41. The van der Waals surface area contributed by atoms with E-state index in [1.807, 2.05) is 30.3 Å². The van der Waals surface area contributed by atoms with Gasteiger partial charge in [-0.3, -0.25) is 4.79 Å². The number of hydrogen-bond donors (Lipinski definition) is 2. The highest BCUT2D eigenvalue weighted by Crippen LogP contribution is 2.16. The van der Waals surface area contributed by atoms with Crippen LogP contribution in [0.1, 0.15) is 19.3 Å². The number of nitrogens with one attached hydrogen (secondary N) is 2. The van der Waals surface area contributed by atoms with Gasteiger partial charge in [-0.25, -0.2) is 0 Å². The first-order chi connectivity index (χ1) is 10.3. The molecule has 0 aliphatic carbocycles. The molecular weight excluding hydrogens is 284 g/mol. The van der Waals surface area contributed by atoms with Gasteiger partial charge >= 0.3 is 0 Å². The van der Waals surface area contributed by atoms with E-state index in [9.17, 15) is 4.79 Å². The summed E-state index contributed by atoms with van der Waals surface area (Å²) in [7, 11) is 0. The molecule has 5 heteroatoms. The molecule has 21 heavy (non-hydrogen) atoms. The molecule has 0 radical (unpaired) electrons. The number of thioether (sulfide) groups is 1. The number of rotatable bonds is 8. The molecule has 2 N–H and O–H groups in total. The van der Waals surface area contributed by atoms with Gasteiger partial charge in [0.05, 0.1) is 11.9 Å². The van der Waals surface area contributed by atoms with E-state index in [1.54, 1.807) is 11.8 Å². The van der Waals surface area contributed by atoms with Crippen LogP contribution in [0.3, 0.4) is 0 Å². The predicted octanol–water partition coefficient (Wildman–Crippen LogP) is 2.05. The Bertz CT molecular complexity index is 408. The van der Waals surface area contributed by atoms with E-state index in [0.717, 1.165) is 43.9 Å². The molecule has 0 unspecified atom stereocenters. The molecule has 1 fully saturated rings. The fourth-order valence-electron chi connectivity index (χ4n) is 2.23. The normalized spacial score (nSPS) is 15.8. The fourth-order valence-corrected chi connectivity index (χ4v) is 2.98. The molecule has 1 saturated heterocycles. The highest BCUT2D eigenvalue weighted by Gasteiger charge is 2.12. The monoisotopic (exact) mass is 308 g/mol. The molecule has 1 heterocycles. The number of piperidine rings is 1. The van der Waals surface area contributed by atoms with E-state index in [-0.39, 0.29) is 5.91 Å². The number of carbonyl (C=O) groups is 1. The van der Waals surface area contributed by atoms with Crippen LogP contribution in [-0.2, 0) is 9.53 Å². The van der Waals surface area contributed by atoms with Gasteiger partial charge in [0.2, 0.25) is 5.91 Å². The van der Waals surface area contributed by atoms with Gasteiger partial charge in [0.15, 0.2) is 0 Å². The minimum absolute atomic E-state index is 0.0886. The molecule has 1 aliphatic heterocycles. The number of carbonyl (C=O) groups excluding carboxylic acids is 1. The Hall–Kier alpha value is -1.04. The van der Waals surface area contributed by atoms with Gasteiger partial charge in [-0.1, -0.05) is 18.2 Å². The second-order valence-corrected chi connectivity index (χ2v) is 6.17. The van der Waals surface area contributed by atoms with E-state index < -0.39 is 0 Å². The van der Waals surface area contributed by atoms with Crippen LogP contribution in [-0.4, -0.2) is 44.0 Å². The van der Waals surface area contributed by atoms with Crippen molar-refractivity contribution in [3.63, 3.8) is 0 Å². The van der Waals surface area contributed by atoms with Crippen LogP contribution in [0.15, 0.2) is 35.2 Å². The number of ether oxygens (including phenoxy) is 1. The highest BCUT2D eigenvalue weighted by molar-refractivity contribution is 8.00. The summed E-state index contributed by atoms with van der Waals surface area (Å²) >= 11 is 1.56. The van der Waals surface area contributed by atoms with Crippen molar-refractivity contribution in [1.29, 1.82) is 0 Å². The smallest absolute Gasteiger partial charge is 0.230 e. The molecule has 0 atom stereocenters. The average molecular weight is 308 g/mol. The second-order valence-electron chi connectivity index (χ2n) is 5.13. The molecule has 2 rings (SSSR count). The van der Waals surface area contributed by atoms with Crippen LogP contribution < -0.4 is 10.6 Å². The maximum Gasteiger partial charge on any atom is 0.230 e. The van der Waals surface area contributed by atoms with Crippen molar-refractivity contribution >= 4 is 17.7 Å². The Balaban J connectivity index is 1.47. The van der Waals surface area contributed by atoms with Crippen molar-refractivity contribution in [3.05, 3.63) is 30.3 Å². The van der Waals surface area contributed by atoms with Crippen LogP contribution in [0.25, 0.3) is 0 Å². The van der Waals surface area contributed by atoms with Crippen LogP contribution in [0.4, 0.5) is 0 Å². The van der Waals surface area contributed by atoms with Gasteiger partial charge in [-0.15, -0.1) is 11.8 Å². The van der Waals surface area contributed by atoms with Gasteiger partial charge in [0.25, 0.3) is 0 Å². The Morgan fingerprint density at radius 2 is 2.05 bits per heavy atom. The number of benzene rings is 1. The summed E-state index contributed by atoms with van der Waals surface area (Å²) < 4.78 is 5.80. The van der Waals surface area contributed by atoms with Crippen LogP contribution in [0.5, 0.6) is 0 Å². The van der Waals surface area contributed by atoms with Gasteiger partial charge in [-0.05, 0) is 44.5 Å². The molecule has 1 aromatic carbocycles. The molecule has 0 aromatic heterocycles. The molecule has 1 aromatic rings. The molecule has 116 valence electrons. The Labute approximate surface area is 131 Å². The minimum atomic E-state index is 0.0886. The van der Waals surface area contributed by atoms with Crippen LogP contribution in [0.2, 0.25) is 0 Å². The first kappa shape index (κ1) is 16.3. The van der Waals surface area contributed by atoms with Crippen molar-refractivity contribution in [2.75, 3.05) is 32.0 Å². The summed E-state index contributed by atoms with van der Waals surface area (Å²) in [6.45, 7) is 3.53. The molecule has 4 nitrogen and oxygen atoms in total. The standard InChI is InChI=1S/C16H24N2O2S/c19-16(13-21-15-5-2-1-3-6-15)18-9-4-12-20-14-7-10-17-11-8-14/h1-3,5-6,14,17H,4,7-13H2,(H,18,19). The topological polar surface area (TPSA) is 50.4 Å². The maximum absolute atomic E-state index is 11.7. The molecule has 0 bridgehead atoms. The van der Waals surface area contributed by atoms with Crippen molar-refractivity contribution < 1.29 is 9.53 Å². The first-order valence-corrected chi connectivity index (χ1v) is 8.60. The van der Waals surface area contributed by atoms with Crippen molar-refractivity contribution in [2.24, 2.45) is 0 Å². The Morgan fingerprint density at radius 1 is 1.29 bits per heavy atom. The zero-order valence-electron chi connectivity index (χ0n) is 12.3. The number of hydrogen-bond acceptors (Lipinski definition) is 4. The van der Waals surface area contributed by atoms with Gasteiger partial charge in [0.1, 0.15) is 0 Å². The largest absolute Gasteiger partial charge is 0.378 e. The maximum atomic E-state index is 11.7.